The molecule has 1 aromatic heterocycles. The summed E-state index contributed by atoms with van der Waals surface area (Å²) in [5.74, 6) is -1.49. The maximum atomic E-state index is 13.7. The number of anilines is 1. The van der Waals surface area contributed by atoms with Crippen LogP contribution in [0.4, 0.5) is 5.13 Å². The molecule has 2 aromatic carbocycles. The van der Waals surface area contributed by atoms with Gasteiger partial charge in [-0.1, -0.05) is 78.5 Å². The second-order valence-corrected chi connectivity index (χ2v) is 10.5. The van der Waals surface area contributed by atoms with E-state index in [0.29, 0.717) is 11.3 Å². The highest BCUT2D eigenvalue weighted by Crippen LogP contribution is 2.41. The van der Waals surface area contributed by atoms with Crippen LogP contribution in [0.3, 0.4) is 0 Å². The van der Waals surface area contributed by atoms with Gasteiger partial charge in [-0.15, -0.1) is 11.8 Å². The van der Waals surface area contributed by atoms with Crippen LogP contribution in [0.1, 0.15) is 23.1 Å². The summed E-state index contributed by atoms with van der Waals surface area (Å²) in [4.78, 5) is 50.2. The van der Waals surface area contributed by atoms with Gasteiger partial charge in [-0.2, -0.15) is 9.36 Å². The fourth-order valence-electron chi connectivity index (χ4n) is 4.35. The fourth-order valence-corrected chi connectivity index (χ4v) is 6.13. The maximum absolute atomic E-state index is 13.7. The highest BCUT2D eigenvalue weighted by atomic mass is 32.2. The van der Waals surface area contributed by atoms with Crippen LogP contribution in [-0.4, -0.2) is 62.0 Å². The Morgan fingerprint density at radius 1 is 1.18 bits per heavy atom. The van der Waals surface area contributed by atoms with Gasteiger partial charge in [0.25, 0.3) is 11.8 Å². The Bertz CT molecular complexity index is 1470. The van der Waals surface area contributed by atoms with Gasteiger partial charge in [0.1, 0.15) is 24.2 Å². The van der Waals surface area contributed by atoms with E-state index in [1.54, 1.807) is 6.08 Å². The molecule has 1 unspecified atom stereocenters. The van der Waals surface area contributed by atoms with E-state index >= 15 is 0 Å². The first kappa shape index (κ1) is 27.1. The van der Waals surface area contributed by atoms with Gasteiger partial charge in [-0.05, 0) is 16.7 Å². The van der Waals surface area contributed by atoms with E-state index in [9.17, 15) is 14.4 Å². The molecule has 2 aliphatic heterocycles. The standard InChI is InChI=1S/C27H24N6O5S2/c1-3-15-14-39-25-19(29-23(34)18(31-37-2)22-30-27(28)40-32-22)24(35)33(25)20(15)26(36)38-21(16-10-6-4-7-11-16)17-12-8-5-9-13-17/h3-13,19,21,25H,1,14H2,2H3,(H,29,34)(H2,28,30,32)/t19?,25-/m0/s1. The molecule has 13 heteroatoms. The van der Waals surface area contributed by atoms with Crippen LogP contribution in [0.15, 0.2) is 89.7 Å². The number of oxime groups is 1. The van der Waals surface area contributed by atoms with Gasteiger partial charge in [0.05, 0.1) is 0 Å². The lowest BCUT2D eigenvalue weighted by Crippen LogP contribution is -2.71. The number of amides is 2. The molecule has 0 radical (unpaired) electrons. The van der Waals surface area contributed by atoms with Crippen LogP contribution in [0, 0.1) is 0 Å². The number of hydrogen-bond acceptors (Lipinski definition) is 11. The third kappa shape index (κ3) is 5.20. The van der Waals surface area contributed by atoms with E-state index in [4.69, 9.17) is 15.3 Å². The van der Waals surface area contributed by atoms with Crippen LogP contribution in [0.2, 0.25) is 0 Å². The van der Waals surface area contributed by atoms with E-state index < -0.39 is 35.3 Å². The Balaban J connectivity index is 1.38. The van der Waals surface area contributed by atoms with Gasteiger partial charge in [0.15, 0.2) is 11.2 Å². The number of allylic oxidation sites excluding steroid dienone is 1. The normalized spacial score (nSPS) is 18.6. The number of hydrogen-bond donors (Lipinski definition) is 2. The summed E-state index contributed by atoms with van der Waals surface area (Å²) in [6, 6.07) is 17.8. The van der Waals surface area contributed by atoms with Crippen molar-refractivity contribution in [1.82, 2.24) is 19.6 Å². The van der Waals surface area contributed by atoms with Crippen LogP contribution in [0.5, 0.6) is 0 Å². The topological polar surface area (TPSA) is 149 Å². The third-order valence-corrected chi connectivity index (χ3v) is 8.05. The predicted molar refractivity (Wildman–Crippen MR) is 151 cm³/mol. The number of nitrogens with zero attached hydrogens (tertiary/aromatic N) is 4. The Hall–Kier alpha value is -4.49. The number of rotatable bonds is 9. The van der Waals surface area contributed by atoms with E-state index in [1.165, 1.54) is 23.8 Å². The van der Waals surface area contributed by atoms with E-state index in [2.05, 4.69) is 26.4 Å². The minimum atomic E-state index is -0.927. The lowest BCUT2D eigenvalue weighted by atomic mass is 10.0. The number of nitrogens with two attached hydrogens (primary N) is 1. The number of benzene rings is 2. The highest BCUT2D eigenvalue weighted by Gasteiger charge is 2.54. The molecule has 40 heavy (non-hydrogen) atoms. The Kier molecular flexibility index (Phi) is 7.94. The van der Waals surface area contributed by atoms with Gasteiger partial charge >= 0.3 is 5.97 Å². The van der Waals surface area contributed by atoms with E-state index in [1.807, 2.05) is 60.7 Å². The second-order valence-electron chi connectivity index (χ2n) is 8.62. The maximum Gasteiger partial charge on any atom is 0.356 e. The summed E-state index contributed by atoms with van der Waals surface area (Å²) in [5, 5.41) is 5.97. The fraction of sp³-hybridized carbons (Fsp3) is 0.185. The van der Waals surface area contributed by atoms with Crippen molar-refractivity contribution < 1.29 is 24.0 Å². The summed E-state index contributed by atoms with van der Waals surface area (Å²) < 4.78 is 10.0. The van der Waals surface area contributed by atoms with Crippen molar-refractivity contribution >= 4 is 51.9 Å². The second kappa shape index (κ2) is 11.7. The monoisotopic (exact) mass is 576 g/mol. The molecule has 2 atom stereocenters. The van der Waals surface area contributed by atoms with Crippen molar-refractivity contribution in [2.75, 3.05) is 18.6 Å². The molecule has 5 rings (SSSR count). The van der Waals surface area contributed by atoms with Crippen LogP contribution < -0.4 is 11.1 Å². The number of nitrogen functional groups attached to an aromatic ring is 1. The summed E-state index contributed by atoms with van der Waals surface area (Å²) in [7, 11) is 1.27. The number of thioether (sulfide) groups is 1. The first-order valence-electron chi connectivity index (χ1n) is 12.1. The van der Waals surface area contributed by atoms with E-state index in [0.717, 1.165) is 22.7 Å². The number of aromatic nitrogens is 2. The number of β-lactam (4-membered cyclic amide) rings is 1. The summed E-state index contributed by atoms with van der Waals surface area (Å²) >= 11 is 2.29. The van der Waals surface area contributed by atoms with Crippen molar-refractivity contribution in [2.45, 2.75) is 17.5 Å². The molecule has 3 aromatic rings. The number of fused-ring (bicyclic) bond motifs is 1. The molecular weight excluding hydrogens is 552 g/mol. The average molecular weight is 577 g/mol. The zero-order valence-corrected chi connectivity index (χ0v) is 22.9. The third-order valence-electron chi connectivity index (χ3n) is 6.20. The molecule has 3 N–H and O–H groups in total. The predicted octanol–water partition coefficient (Wildman–Crippen LogP) is 2.64. The minimum absolute atomic E-state index is 0.0206. The molecular formula is C27H24N6O5S2. The quantitative estimate of drug-likeness (QED) is 0.170. The van der Waals surface area contributed by atoms with Crippen molar-refractivity contribution in [3.8, 4) is 0 Å². The minimum Gasteiger partial charge on any atom is -0.448 e. The number of nitrogens with one attached hydrogen (secondary N) is 1. The molecule has 1 saturated heterocycles. The first-order valence-corrected chi connectivity index (χ1v) is 13.9. The molecule has 0 bridgehead atoms. The first-order chi connectivity index (χ1) is 19.4. The average Bonchev–Trinajstić information content (AvgIpc) is 3.42. The zero-order chi connectivity index (χ0) is 28.2. The molecule has 3 heterocycles. The van der Waals surface area contributed by atoms with Crippen LogP contribution in [0.25, 0.3) is 0 Å². The van der Waals surface area contributed by atoms with Crippen LogP contribution in [-0.2, 0) is 24.0 Å². The summed E-state index contributed by atoms with van der Waals surface area (Å²) in [6.45, 7) is 3.83. The molecule has 0 saturated carbocycles. The molecule has 0 spiro atoms. The van der Waals surface area contributed by atoms with Gasteiger partial charge in [0, 0.05) is 17.3 Å². The van der Waals surface area contributed by atoms with Crippen molar-refractivity contribution in [3.05, 3.63) is 102 Å². The molecule has 204 valence electrons. The summed E-state index contributed by atoms with van der Waals surface area (Å²) in [6.07, 6.45) is 0.847. The van der Waals surface area contributed by atoms with Crippen molar-refractivity contribution in [3.63, 3.8) is 0 Å². The number of ether oxygens (including phenoxy) is 1. The van der Waals surface area contributed by atoms with Gasteiger partial charge in [0.2, 0.25) is 11.5 Å². The van der Waals surface area contributed by atoms with Gasteiger partial charge < -0.3 is 20.6 Å². The Morgan fingerprint density at radius 2 is 1.82 bits per heavy atom. The molecule has 1 fully saturated rings. The van der Waals surface area contributed by atoms with Crippen molar-refractivity contribution in [2.24, 2.45) is 5.16 Å². The zero-order valence-electron chi connectivity index (χ0n) is 21.2. The highest BCUT2D eigenvalue weighted by molar-refractivity contribution is 8.00. The SMILES string of the molecule is C=CC1=C(C(=O)OC(c2ccccc2)c2ccccc2)N2C(=O)C(NC(=O)C(=NOC)c3nsc(N)n3)[C@@H]2SC1. The lowest BCUT2D eigenvalue weighted by Gasteiger charge is -2.49. The number of esters is 1. The smallest absolute Gasteiger partial charge is 0.356 e. The van der Waals surface area contributed by atoms with Crippen molar-refractivity contribution in [1.29, 1.82) is 0 Å². The largest absolute Gasteiger partial charge is 0.448 e. The number of carbonyl (C=O) groups is 3. The van der Waals surface area contributed by atoms with Gasteiger partial charge in [-0.25, -0.2) is 4.79 Å². The van der Waals surface area contributed by atoms with Crippen LogP contribution >= 0.6 is 23.3 Å². The number of carbonyl (C=O) groups excluding carboxylic acids is 3. The Labute approximate surface area is 237 Å². The van der Waals surface area contributed by atoms with E-state index in [-0.39, 0.29) is 22.4 Å². The molecule has 11 nitrogen and oxygen atoms in total. The molecule has 0 aliphatic carbocycles. The van der Waals surface area contributed by atoms with Gasteiger partial charge in [-0.3, -0.25) is 14.5 Å². The molecule has 2 aliphatic rings. The summed E-state index contributed by atoms with van der Waals surface area (Å²) in [5.41, 5.74) is 7.64. The Morgan fingerprint density at radius 3 is 2.38 bits per heavy atom. The molecule has 2 amide bonds. The lowest BCUT2D eigenvalue weighted by molar-refractivity contribution is -0.154.